The first-order chi connectivity index (χ1) is 16.2. The van der Waals surface area contributed by atoms with E-state index in [0.717, 1.165) is 17.0 Å². The fraction of sp³-hybridized carbons (Fsp3) is 0.304. The van der Waals surface area contributed by atoms with Crippen LogP contribution in [0.3, 0.4) is 0 Å². The molecule has 1 aliphatic rings. The molecule has 0 aliphatic carbocycles. The lowest BCUT2D eigenvalue weighted by Gasteiger charge is -2.30. The van der Waals surface area contributed by atoms with E-state index in [1.807, 2.05) is 18.2 Å². The van der Waals surface area contributed by atoms with E-state index in [-0.39, 0.29) is 42.3 Å². The second-order valence-corrected chi connectivity index (χ2v) is 10.1. The molecule has 1 fully saturated rings. The van der Waals surface area contributed by atoms with E-state index in [2.05, 4.69) is 4.98 Å². The summed E-state index contributed by atoms with van der Waals surface area (Å²) in [5.41, 5.74) is 1.35. The Balaban J connectivity index is 1.36. The average Bonchev–Trinajstić information content (AvgIpc) is 3.26. The van der Waals surface area contributed by atoms with Crippen LogP contribution in [0.4, 0.5) is 5.69 Å². The third kappa shape index (κ3) is 4.57. The van der Waals surface area contributed by atoms with Gasteiger partial charge in [0.15, 0.2) is 6.61 Å². The number of benzene rings is 2. The SMILES string of the molecule is Cc1ccc([N+](=O)[O-])cc1S(=O)(=O)N1CCC(C(=O)OCC(=O)c2c[nH]c3ccccc23)CC1. The number of nitrogens with one attached hydrogen (secondary N) is 1. The number of H-pyrrole nitrogens is 1. The van der Waals surface area contributed by atoms with E-state index in [9.17, 15) is 28.1 Å². The zero-order valence-electron chi connectivity index (χ0n) is 18.4. The Bertz CT molecular complexity index is 1370. The summed E-state index contributed by atoms with van der Waals surface area (Å²) >= 11 is 0. The molecule has 0 unspecified atom stereocenters. The van der Waals surface area contributed by atoms with E-state index < -0.39 is 33.4 Å². The van der Waals surface area contributed by atoms with Crippen molar-refractivity contribution in [1.29, 1.82) is 0 Å². The number of aromatic nitrogens is 1. The van der Waals surface area contributed by atoms with Gasteiger partial charge in [-0.05, 0) is 31.4 Å². The predicted octanol–water partition coefficient (Wildman–Crippen LogP) is 3.21. The Morgan fingerprint density at radius 1 is 1.18 bits per heavy atom. The Morgan fingerprint density at radius 3 is 2.59 bits per heavy atom. The number of esters is 1. The van der Waals surface area contributed by atoms with Crippen LogP contribution < -0.4 is 0 Å². The number of carbonyl (C=O) groups excluding carboxylic acids is 2. The summed E-state index contributed by atoms with van der Waals surface area (Å²) in [6.45, 7) is 1.32. The summed E-state index contributed by atoms with van der Waals surface area (Å²) in [7, 11) is -3.95. The molecular weight excluding hydrogens is 462 g/mol. The van der Waals surface area contributed by atoms with Crippen molar-refractivity contribution in [2.24, 2.45) is 5.92 Å². The van der Waals surface area contributed by atoms with Gasteiger partial charge in [-0.2, -0.15) is 4.31 Å². The number of non-ortho nitro benzene ring substituents is 1. The third-order valence-electron chi connectivity index (χ3n) is 6.02. The smallest absolute Gasteiger partial charge is 0.309 e. The summed E-state index contributed by atoms with van der Waals surface area (Å²) in [6, 6.07) is 11.0. The average molecular weight is 486 g/mol. The highest BCUT2D eigenvalue weighted by molar-refractivity contribution is 7.89. The molecule has 0 radical (unpaired) electrons. The van der Waals surface area contributed by atoms with Gasteiger partial charge >= 0.3 is 5.97 Å². The number of para-hydroxylation sites is 1. The molecule has 34 heavy (non-hydrogen) atoms. The van der Waals surface area contributed by atoms with Crippen LogP contribution in [0.1, 0.15) is 28.8 Å². The first kappa shape index (κ1) is 23.6. The number of aromatic amines is 1. The second kappa shape index (κ2) is 9.35. The molecule has 0 amide bonds. The number of fused-ring (bicyclic) bond motifs is 1. The topological polar surface area (TPSA) is 140 Å². The molecule has 11 heteroatoms. The second-order valence-electron chi connectivity index (χ2n) is 8.16. The summed E-state index contributed by atoms with van der Waals surface area (Å²) < 4.78 is 32.6. The van der Waals surface area contributed by atoms with Crippen LogP contribution in [0.15, 0.2) is 53.6 Å². The summed E-state index contributed by atoms with van der Waals surface area (Å²) in [4.78, 5) is 38.3. The molecule has 1 saturated heterocycles. The number of nitro groups is 1. The van der Waals surface area contributed by atoms with Crippen LogP contribution in [0, 0.1) is 23.0 Å². The van der Waals surface area contributed by atoms with Gasteiger partial charge < -0.3 is 9.72 Å². The molecule has 0 saturated carbocycles. The van der Waals surface area contributed by atoms with Gasteiger partial charge in [-0.3, -0.25) is 19.7 Å². The number of ketones is 1. The van der Waals surface area contributed by atoms with Crippen LogP contribution in [0.25, 0.3) is 10.9 Å². The molecule has 2 heterocycles. The molecule has 1 aromatic heterocycles. The molecule has 3 aromatic rings. The molecule has 0 atom stereocenters. The number of rotatable bonds is 7. The largest absolute Gasteiger partial charge is 0.457 e. The van der Waals surface area contributed by atoms with E-state index in [1.165, 1.54) is 16.4 Å². The molecule has 4 rings (SSSR count). The van der Waals surface area contributed by atoms with Crippen molar-refractivity contribution < 1.29 is 27.7 Å². The Hall–Kier alpha value is -3.57. The number of nitrogens with zero attached hydrogens (tertiary/aromatic N) is 2. The normalized spacial score (nSPS) is 15.3. The van der Waals surface area contributed by atoms with Crippen molar-refractivity contribution in [2.45, 2.75) is 24.7 Å². The first-order valence-electron chi connectivity index (χ1n) is 10.7. The minimum Gasteiger partial charge on any atom is -0.457 e. The van der Waals surface area contributed by atoms with Crippen LogP contribution >= 0.6 is 0 Å². The minimum absolute atomic E-state index is 0.0701. The molecule has 1 aliphatic heterocycles. The van der Waals surface area contributed by atoms with E-state index in [0.29, 0.717) is 11.1 Å². The minimum atomic E-state index is -3.95. The van der Waals surface area contributed by atoms with Gasteiger partial charge in [0.25, 0.3) is 5.69 Å². The van der Waals surface area contributed by atoms with E-state index >= 15 is 0 Å². The lowest BCUT2D eigenvalue weighted by molar-refractivity contribution is -0.385. The monoisotopic (exact) mass is 485 g/mol. The zero-order chi connectivity index (χ0) is 24.5. The van der Waals surface area contributed by atoms with Gasteiger partial charge in [0.2, 0.25) is 15.8 Å². The lowest BCUT2D eigenvalue weighted by atomic mass is 9.98. The first-order valence-corrected chi connectivity index (χ1v) is 12.1. The summed E-state index contributed by atoms with van der Waals surface area (Å²) in [6.07, 6.45) is 2.04. The van der Waals surface area contributed by atoms with Gasteiger partial charge in [0.1, 0.15) is 0 Å². The number of Topliss-reactive ketones (excluding diaryl/α,β-unsaturated/α-hetero) is 1. The fourth-order valence-corrected chi connectivity index (χ4v) is 5.80. The summed E-state index contributed by atoms with van der Waals surface area (Å²) in [5.74, 6) is -1.41. The summed E-state index contributed by atoms with van der Waals surface area (Å²) in [5, 5.41) is 11.8. The van der Waals surface area contributed by atoms with Crippen molar-refractivity contribution in [2.75, 3.05) is 19.7 Å². The molecule has 2 aromatic carbocycles. The maximum absolute atomic E-state index is 13.1. The number of ether oxygens (including phenoxy) is 1. The Morgan fingerprint density at radius 2 is 1.88 bits per heavy atom. The van der Waals surface area contributed by atoms with Gasteiger partial charge in [0.05, 0.1) is 15.7 Å². The van der Waals surface area contributed by atoms with Crippen LogP contribution in [-0.2, 0) is 19.6 Å². The number of nitro benzene ring substituents is 1. The van der Waals surface area contributed by atoms with Crippen LogP contribution in [0.5, 0.6) is 0 Å². The van der Waals surface area contributed by atoms with Crippen molar-refractivity contribution in [1.82, 2.24) is 9.29 Å². The zero-order valence-corrected chi connectivity index (χ0v) is 19.2. The van der Waals surface area contributed by atoms with Crippen LogP contribution in [-0.4, -0.2) is 54.1 Å². The number of aryl methyl sites for hydroxylation is 1. The highest BCUT2D eigenvalue weighted by atomic mass is 32.2. The molecule has 10 nitrogen and oxygen atoms in total. The van der Waals surface area contributed by atoms with E-state index in [4.69, 9.17) is 4.74 Å². The van der Waals surface area contributed by atoms with Crippen LogP contribution in [0.2, 0.25) is 0 Å². The standard InChI is InChI=1S/C23H23N3O7S/c1-15-6-7-17(26(29)30)12-22(15)34(31,32)25-10-8-16(9-11-25)23(28)33-14-21(27)19-13-24-20-5-3-2-4-18(19)20/h2-7,12-13,16,24H,8-11,14H2,1H3. The van der Waals surface area contributed by atoms with Crippen molar-refractivity contribution in [3.05, 3.63) is 69.9 Å². The maximum atomic E-state index is 13.1. The molecule has 0 spiro atoms. The fourth-order valence-electron chi connectivity index (χ4n) is 4.09. The molecule has 1 N–H and O–H groups in total. The van der Waals surface area contributed by atoms with Gasteiger partial charge in [-0.25, -0.2) is 8.42 Å². The lowest BCUT2D eigenvalue weighted by Crippen LogP contribution is -2.41. The quantitative estimate of drug-likeness (QED) is 0.234. The number of carbonyl (C=O) groups is 2. The highest BCUT2D eigenvalue weighted by Crippen LogP contribution is 2.29. The molecule has 0 bridgehead atoms. The van der Waals surface area contributed by atoms with Crippen molar-refractivity contribution >= 4 is 38.4 Å². The molecular formula is C23H23N3O7S. The Kier molecular flexibility index (Phi) is 6.49. The van der Waals surface area contributed by atoms with Gasteiger partial charge in [-0.1, -0.05) is 24.3 Å². The molecule has 178 valence electrons. The number of hydrogen-bond acceptors (Lipinski definition) is 7. The number of hydrogen-bond donors (Lipinski definition) is 1. The van der Waals surface area contributed by atoms with Crippen molar-refractivity contribution in [3.8, 4) is 0 Å². The van der Waals surface area contributed by atoms with E-state index in [1.54, 1.807) is 19.2 Å². The van der Waals surface area contributed by atoms with Gasteiger partial charge in [0, 0.05) is 47.9 Å². The number of piperidine rings is 1. The maximum Gasteiger partial charge on any atom is 0.309 e. The third-order valence-corrected chi connectivity index (χ3v) is 8.06. The van der Waals surface area contributed by atoms with Crippen molar-refractivity contribution in [3.63, 3.8) is 0 Å². The number of sulfonamides is 1. The Labute approximate surface area is 195 Å². The van der Waals surface area contributed by atoms with Gasteiger partial charge in [-0.15, -0.1) is 0 Å². The highest BCUT2D eigenvalue weighted by Gasteiger charge is 2.34. The predicted molar refractivity (Wildman–Crippen MR) is 123 cm³/mol.